The second-order valence-electron chi connectivity index (χ2n) is 20.5. The number of rotatable bonds is 6. The Bertz CT molecular complexity index is 3090. The first-order chi connectivity index (χ1) is 30.6. The normalized spacial score (nSPS) is 19.8. The maximum Gasteiger partial charge on any atom is 0.0540 e. The summed E-state index contributed by atoms with van der Waals surface area (Å²) in [5.41, 5.74) is 24.0. The first-order valence-corrected chi connectivity index (χ1v) is 23.3. The summed E-state index contributed by atoms with van der Waals surface area (Å²) < 4.78 is 0. The van der Waals surface area contributed by atoms with Crippen molar-refractivity contribution >= 4 is 17.1 Å². The van der Waals surface area contributed by atoms with Crippen molar-refractivity contribution in [2.45, 2.75) is 76.5 Å². The minimum atomic E-state index is -0.103. The van der Waals surface area contributed by atoms with Crippen LogP contribution < -0.4 is 4.90 Å². The van der Waals surface area contributed by atoms with Gasteiger partial charge in [0.15, 0.2) is 0 Å². The molecule has 2 bridgehead atoms. The highest BCUT2D eigenvalue weighted by molar-refractivity contribution is 5.95. The van der Waals surface area contributed by atoms with Crippen LogP contribution in [0.15, 0.2) is 182 Å². The lowest BCUT2D eigenvalue weighted by Gasteiger charge is -2.37. The molecule has 12 rings (SSSR count). The lowest BCUT2D eigenvalue weighted by atomic mass is 9.67. The number of benzene rings is 8. The van der Waals surface area contributed by atoms with Gasteiger partial charge in [0, 0.05) is 27.8 Å². The van der Waals surface area contributed by atoms with Crippen molar-refractivity contribution in [3.63, 3.8) is 0 Å². The molecule has 63 heavy (non-hydrogen) atoms. The number of hydrogen-bond donors (Lipinski definition) is 0. The smallest absolute Gasteiger partial charge is 0.0540 e. The Morgan fingerprint density at radius 3 is 1.68 bits per heavy atom. The van der Waals surface area contributed by atoms with E-state index >= 15 is 0 Å². The van der Waals surface area contributed by atoms with Gasteiger partial charge in [-0.05, 0) is 145 Å². The monoisotopic (exact) mass is 813 g/mol. The minimum Gasteiger partial charge on any atom is -0.310 e. The summed E-state index contributed by atoms with van der Waals surface area (Å²) in [5, 5.41) is 0. The van der Waals surface area contributed by atoms with E-state index in [2.05, 4.69) is 222 Å². The van der Waals surface area contributed by atoms with Crippen LogP contribution in [0.4, 0.5) is 17.1 Å². The first kappa shape index (κ1) is 38.3. The van der Waals surface area contributed by atoms with Crippen molar-refractivity contribution in [2.75, 3.05) is 4.90 Å². The molecular weight excluding hydrogens is 759 g/mol. The minimum absolute atomic E-state index is 0.0871. The fraction of sp³-hybridized carbons (Fsp3) is 0.226. The van der Waals surface area contributed by atoms with Crippen LogP contribution in [-0.4, -0.2) is 0 Å². The van der Waals surface area contributed by atoms with E-state index in [1.54, 1.807) is 5.56 Å². The highest BCUT2D eigenvalue weighted by atomic mass is 15.1. The maximum atomic E-state index is 2.59. The molecule has 0 saturated heterocycles. The molecule has 4 aliphatic rings. The van der Waals surface area contributed by atoms with Crippen LogP contribution in [0.2, 0.25) is 0 Å². The van der Waals surface area contributed by atoms with Crippen molar-refractivity contribution in [3.05, 3.63) is 210 Å². The van der Waals surface area contributed by atoms with Crippen LogP contribution in [0, 0.1) is 11.8 Å². The number of nitrogens with zero attached hydrogens (tertiary/aromatic N) is 1. The quantitative estimate of drug-likeness (QED) is 0.162. The van der Waals surface area contributed by atoms with E-state index in [0.29, 0.717) is 5.92 Å². The summed E-state index contributed by atoms with van der Waals surface area (Å²) in [6.07, 6.45) is 5.34. The van der Waals surface area contributed by atoms with Gasteiger partial charge in [-0.25, -0.2) is 0 Å². The van der Waals surface area contributed by atoms with Gasteiger partial charge < -0.3 is 4.90 Å². The van der Waals surface area contributed by atoms with E-state index in [-0.39, 0.29) is 16.2 Å². The molecular formula is C62H55N. The topological polar surface area (TPSA) is 3.24 Å². The molecule has 8 aromatic rings. The lowest BCUT2D eigenvalue weighted by Crippen LogP contribution is -2.32. The molecule has 0 aromatic heterocycles. The third kappa shape index (κ3) is 5.75. The van der Waals surface area contributed by atoms with Crippen LogP contribution in [0.5, 0.6) is 0 Å². The Kier molecular flexibility index (Phi) is 8.52. The lowest BCUT2D eigenvalue weighted by molar-refractivity contribution is 0.327. The third-order valence-electron chi connectivity index (χ3n) is 15.7. The van der Waals surface area contributed by atoms with Crippen LogP contribution in [0.25, 0.3) is 55.6 Å². The summed E-state index contributed by atoms with van der Waals surface area (Å²) in [5.74, 6) is 1.52. The number of para-hydroxylation sites is 1. The fourth-order valence-corrected chi connectivity index (χ4v) is 12.8. The van der Waals surface area contributed by atoms with Crippen LogP contribution in [0.1, 0.15) is 88.1 Å². The van der Waals surface area contributed by atoms with Crippen molar-refractivity contribution in [2.24, 2.45) is 11.8 Å². The van der Waals surface area contributed by atoms with Gasteiger partial charge in [0.05, 0.1) is 5.69 Å². The van der Waals surface area contributed by atoms with Gasteiger partial charge in [-0.2, -0.15) is 0 Å². The van der Waals surface area contributed by atoms with Gasteiger partial charge in [0.1, 0.15) is 0 Å². The predicted molar refractivity (Wildman–Crippen MR) is 265 cm³/mol. The van der Waals surface area contributed by atoms with E-state index in [9.17, 15) is 0 Å². The molecule has 0 N–H and O–H groups in total. The van der Waals surface area contributed by atoms with Crippen molar-refractivity contribution in [3.8, 4) is 55.6 Å². The Labute approximate surface area is 374 Å². The van der Waals surface area contributed by atoms with E-state index in [4.69, 9.17) is 0 Å². The van der Waals surface area contributed by atoms with E-state index in [1.165, 1.54) is 115 Å². The maximum absolute atomic E-state index is 2.59. The molecule has 0 heterocycles. The molecule has 1 spiro atoms. The average Bonchev–Trinajstić information content (AvgIpc) is 4.06. The molecule has 4 aliphatic carbocycles. The molecule has 1 heteroatoms. The molecule has 3 unspecified atom stereocenters. The molecule has 0 amide bonds. The Balaban J connectivity index is 1.01. The number of anilines is 3. The van der Waals surface area contributed by atoms with Gasteiger partial charge in [0.2, 0.25) is 0 Å². The number of hydrogen-bond acceptors (Lipinski definition) is 1. The molecule has 308 valence electrons. The third-order valence-corrected chi connectivity index (χ3v) is 15.7. The number of fused-ring (bicyclic) bond motifs is 11. The standard InChI is InChI=1S/C62H55N/c1-60(2,3)43-31-26-42(27-32-43)48-16-10-13-24-58(48)63(46-35-36-52-50-18-9-12-23-56(50)62(57(52)38-46)39-40-25-30-44(62)37-40)45-33-28-41(29-34-45)47-15-6-7-17-49(47)53-20-14-21-54-51-19-8-11-22-55(51)61(4,5)59(53)54/h6-24,26-29,31-36,38,40,44H,25,30,37,39H2,1-5H3. The fourth-order valence-electron chi connectivity index (χ4n) is 12.8. The van der Waals surface area contributed by atoms with Gasteiger partial charge >= 0.3 is 0 Å². The average molecular weight is 814 g/mol. The van der Waals surface area contributed by atoms with Gasteiger partial charge in [0.25, 0.3) is 0 Å². The SMILES string of the molecule is CC(C)(C)c1ccc(-c2ccccc2N(c2ccc(-c3ccccc3-c3cccc4c3C(C)(C)c3ccccc3-4)cc2)c2ccc3c(c2)C2(CC4CCC2C4)c2ccccc2-3)cc1. The van der Waals surface area contributed by atoms with E-state index in [0.717, 1.165) is 11.6 Å². The molecule has 3 atom stereocenters. The van der Waals surface area contributed by atoms with Crippen LogP contribution in [0.3, 0.4) is 0 Å². The Morgan fingerprint density at radius 2 is 1.00 bits per heavy atom. The summed E-state index contributed by atoms with van der Waals surface area (Å²) in [6.45, 7) is 11.7. The van der Waals surface area contributed by atoms with E-state index in [1.807, 2.05) is 0 Å². The summed E-state index contributed by atoms with van der Waals surface area (Å²) >= 11 is 0. The zero-order valence-corrected chi connectivity index (χ0v) is 37.3. The van der Waals surface area contributed by atoms with Gasteiger partial charge in [-0.15, -0.1) is 0 Å². The largest absolute Gasteiger partial charge is 0.310 e. The predicted octanol–water partition coefficient (Wildman–Crippen LogP) is 16.8. The Morgan fingerprint density at radius 1 is 0.460 bits per heavy atom. The second kappa shape index (κ2) is 14.0. The van der Waals surface area contributed by atoms with Crippen LogP contribution in [-0.2, 0) is 16.2 Å². The Hall–Kier alpha value is -6.44. The highest BCUT2D eigenvalue weighted by Crippen LogP contribution is 2.66. The van der Waals surface area contributed by atoms with Crippen molar-refractivity contribution in [1.82, 2.24) is 0 Å². The summed E-state index contributed by atoms with van der Waals surface area (Å²) in [4.78, 5) is 2.54. The molecule has 0 aliphatic heterocycles. The zero-order valence-electron chi connectivity index (χ0n) is 37.3. The van der Waals surface area contributed by atoms with Crippen molar-refractivity contribution in [1.29, 1.82) is 0 Å². The molecule has 2 fully saturated rings. The van der Waals surface area contributed by atoms with Crippen LogP contribution >= 0.6 is 0 Å². The summed E-state index contributed by atoms with van der Waals surface area (Å²) in [6, 6.07) is 69.3. The molecule has 2 saturated carbocycles. The van der Waals surface area contributed by atoms with Gasteiger partial charge in [-0.3, -0.25) is 0 Å². The molecule has 1 nitrogen and oxygen atoms in total. The zero-order chi connectivity index (χ0) is 42.7. The van der Waals surface area contributed by atoms with E-state index < -0.39 is 0 Å². The highest BCUT2D eigenvalue weighted by Gasteiger charge is 2.56. The first-order valence-electron chi connectivity index (χ1n) is 23.3. The molecule has 0 radical (unpaired) electrons. The second-order valence-corrected chi connectivity index (χ2v) is 20.5. The molecule has 8 aromatic carbocycles. The van der Waals surface area contributed by atoms with Gasteiger partial charge in [-0.1, -0.05) is 193 Å². The van der Waals surface area contributed by atoms with Crippen molar-refractivity contribution < 1.29 is 0 Å². The summed E-state index contributed by atoms with van der Waals surface area (Å²) in [7, 11) is 0.